The van der Waals surface area contributed by atoms with E-state index < -0.39 is 0 Å². The average Bonchev–Trinajstić information content (AvgIpc) is 2.84. The summed E-state index contributed by atoms with van der Waals surface area (Å²) in [4.78, 5) is 15.1. The first-order chi connectivity index (χ1) is 11.6. The first-order valence-corrected chi connectivity index (χ1v) is 10.6. The summed E-state index contributed by atoms with van der Waals surface area (Å²) < 4.78 is 0. The summed E-state index contributed by atoms with van der Waals surface area (Å²) in [5.41, 5.74) is 1.99. The molecule has 1 N–H and O–H groups in total. The van der Waals surface area contributed by atoms with Crippen LogP contribution in [0, 0.1) is 5.92 Å². The number of carbonyl (C=O) groups excluding carboxylic acids is 1. The molecule has 1 fully saturated rings. The molecule has 1 amide bonds. The first-order valence-electron chi connectivity index (χ1n) is 9.22. The van der Waals surface area contributed by atoms with E-state index in [0.29, 0.717) is 12.0 Å². The zero-order chi connectivity index (χ0) is 17.4. The Bertz CT molecular complexity index is 510. The van der Waals surface area contributed by atoms with E-state index in [1.54, 1.807) is 11.8 Å². The lowest BCUT2D eigenvalue weighted by molar-refractivity contribution is 0.0917. The standard InChI is InChI=1S/C20H32N2OS/c1-16(2)19(22-11-6-4-5-7-12-22)14-21-20(23)18-10-8-9-17(13-18)15-24-3/h8-10,13,16,19H,4-7,11-12,14-15H2,1-3H3,(H,21,23)/t19-/m0/s1. The number of hydrogen-bond donors (Lipinski definition) is 1. The number of thioether (sulfide) groups is 1. The Balaban J connectivity index is 1.95. The molecule has 0 spiro atoms. The van der Waals surface area contributed by atoms with Gasteiger partial charge in [-0.3, -0.25) is 9.69 Å². The zero-order valence-corrected chi connectivity index (χ0v) is 16.2. The number of nitrogens with zero attached hydrogens (tertiary/aromatic N) is 1. The van der Waals surface area contributed by atoms with Gasteiger partial charge in [0, 0.05) is 23.9 Å². The van der Waals surface area contributed by atoms with Gasteiger partial charge in [0.25, 0.3) is 5.91 Å². The summed E-state index contributed by atoms with van der Waals surface area (Å²) in [6, 6.07) is 8.43. The molecule has 0 aromatic heterocycles. The maximum absolute atomic E-state index is 12.5. The molecule has 1 aromatic rings. The van der Waals surface area contributed by atoms with Crippen LogP contribution in [0.4, 0.5) is 0 Å². The van der Waals surface area contributed by atoms with Crippen molar-refractivity contribution in [1.82, 2.24) is 10.2 Å². The van der Waals surface area contributed by atoms with Gasteiger partial charge in [0.1, 0.15) is 0 Å². The van der Waals surface area contributed by atoms with Crippen LogP contribution in [0.25, 0.3) is 0 Å². The number of carbonyl (C=O) groups is 1. The van der Waals surface area contributed by atoms with Crippen LogP contribution in [-0.4, -0.2) is 42.7 Å². The van der Waals surface area contributed by atoms with Gasteiger partial charge >= 0.3 is 0 Å². The van der Waals surface area contributed by atoms with Gasteiger partial charge in [-0.2, -0.15) is 11.8 Å². The van der Waals surface area contributed by atoms with E-state index in [2.05, 4.69) is 36.4 Å². The van der Waals surface area contributed by atoms with Crippen molar-refractivity contribution in [3.63, 3.8) is 0 Å². The maximum Gasteiger partial charge on any atom is 0.251 e. The molecule has 1 atom stereocenters. The van der Waals surface area contributed by atoms with Crippen molar-refractivity contribution in [1.29, 1.82) is 0 Å². The van der Waals surface area contributed by atoms with Crippen molar-refractivity contribution >= 4 is 17.7 Å². The molecular formula is C20H32N2OS. The second-order valence-corrected chi connectivity index (χ2v) is 7.97. The third-order valence-corrected chi connectivity index (χ3v) is 5.47. The lowest BCUT2D eigenvalue weighted by Crippen LogP contribution is -2.47. The fourth-order valence-electron chi connectivity index (χ4n) is 3.48. The van der Waals surface area contributed by atoms with E-state index in [0.717, 1.165) is 17.9 Å². The Kier molecular flexibility index (Phi) is 8.13. The molecule has 1 saturated heterocycles. The van der Waals surface area contributed by atoms with Crippen LogP contribution >= 0.6 is 11.8 Å². The molecule has 1 aliphatic rings. The number of nitrogens with one attached hydrogen (secondary N) is 1. The van der Waals surface area contributed by atoms with E-state index in [4.69, 9.17) is 0 Å². The molecule has 0 unspecified atom stereocenters. The zero-order valence-electron chi connectivity index (χ0n) is 15.4. The number of rotatable bonds is 7. The fourth-order valence-corrected chi connectivity index (χ4v) is 3.99. The van der Waals surface area contributed by atoms with Crippen molar-refractivity contribution < 1.29 is 4.79 Å². The highest BCUT2D eigenvalue weighted by Gasteiger charge is 2.23. The first kappa shape index (κ1) is 19.3. The normalized spacial score (nSPS) is 17.5. The molecule has 24 heavy (non-hydrogen) atoms. The highest BCUT2D eigenvalue weighted by Crippen LogP contribution is 2.17. The lowest BCUT2D eigenvalue weighted by atomic mass is 10.0. The van der Waals surface area contributed by atoms with Crippen molar-refractivity contribution in [2.45, 2.75) is 51.3 Å². The molecule has 0 radical (unpaired) electrons. The van der Waals surface area contributed by atoms with Crippen LogP contribution in [0.5, 0.6) is 0 Å². The van der Waals surface area contributed by atoms with E-state index in [1.165, 1.54) is 44.3 Å². The Hall–Kier alpha value is -1.00. The van der Waals surface area contributed by atoms with Gasteiger partial charge in [0.15, 0.2) is 0 Å². The third kappa shape index (κ3) is 5.82. The highest BCUT2D eigenvalue weighted by atomic mass is 32.2. The predicted octanol–water partition coefficient (Wildman–Crippen LogP) is 4.18. The number of benzene rings is 1. The molecule has 2 rings (SSSR count). The Morgan fingerprint density at radius 2 is 1.92 bits per heavy atom. The van der Waals surface area contributed by atoms with Crippen molar-refractivity contribution in [2.24, 2.45) is 5.92 Å². The van der Waals surface area contributed by atoms with Gasteiger partial charge in [0.2, 0.25) is 0 Å². The summed E-state index contributed by atoms with van der Waals surface area (Å²) in [5.74, 6) is 1.55. The largest absolute Gasteiger partial charge is 0.350 e. The van der Waals surface area contributed by atoms with Gasteiger partial charge in [0.05, 0.1) is 0 Å². The van der Waals surface area contributed by atoms with Crippen LogP contribution in [0.1, 0.15) is 55.5 Å². The molecule has 1 heterocycles. The molecule has 0 aliphatic carbocycles. The van der Waals surface area contributed by atoms with E-state index in [1.807, 2.05) is 18.2 Å². The molecular weight excluding hydrogens is 316 g/mol. The fraction of sp³-hybridized carbons (Fsp3) is 0.650. The summed E-state index contributed by atoms with van der Waals surface area (Å²) in [5, 5.41) is 3.18. The highest BCUT2D eigenvalue weighted by molar-refractivity contribution is 7.97. The maximum atomic E-state index is 12.5. The monoisotopic (exact) mass is 348 g/mol. The average molecular weight is 349 g/mol. The van der Waals surface area contributed by atoms with Crippen molar-refractivity contribution in [2.75, 3.05) is 25.9 Å². The van der Waals surface area contributed by atoms with Crippen LogP contribution in [0.2, 0.25) is 0 Å². The Morgan fingerprint density at radius 3 is 2.54 bits per heavy atom. The minimum atomic E-state index is 0.0541. The number of likely N-dealkylation sites (tertiary alicyclic amines) is 1. The topological polar surface area (TPSA) is 32.3 Å². The minimum Gasteiger partial charge on any atom is -0.350 e. The van der Waals surface area contributed by atoms with E-state index >= 15 is 0 Å². The Labute approximate surface area is 151 Å². The molecule has 0 saturated carbocycles. The molecule has 0 bridgehead atoms. The Morgan fingerprint density at radius 1 is 1.21 bits per heavy atom. The molecule has 1 aliphatic heterocycles. The predicted molar refractivity (Wildman–Crippen MR) is 105 cm³/mol. The summed E-state index contributed by atoms with van der Waals surface area (Å²) in [6.45, 7) is 7.61. The van der Waals surface area contributed by atoms with E-state index in [9.17, 15) is 4.79 Å². The van der Waals surface area contributed by atoms with Crippen LogP contribution in [0.3, 0.4) is 0 Å². The summed E-state index contributed by atoms with van der Waals surface area (Å²) in [7, 11) is 0. The lowest BCUT2D eigenvalue weighted by Gasteiger charge is -2.33. The SMILES string of the molecule is CSCc1cccc(C(=O)NC[C@@H](C(C)C)N2CCCCCC2)c1. The third-order valence-electron chi connectivity index (χ3n) is 4.85. The number of amides is 1. The smallest absolute Gasteiger partial charge is 0.251 e. The summed E-state index contributed by atoms with van der Waals surface area (Å²) in [6.07, 6.45) is 7.34. The van der Waals surface area contributed by atoms with Crippen LogP contribution in [0.15, 0.2) is 24.3 Å². The van der Waals surface area contributed by atoms with Gasteiger partial charge < -0.3 is 5.32 Å². The van der Waals surface area contributed by atoms with Gasteiger partial charge in [-0.15, -0.1) is 0 Å². The van der Waals surface area contributed by atoms with Crippen LogP contribution < -0.4 is 5.32 Å². The molecule has 134 valence electrons. The molecule has 4 heteroatoms. The summed E-state index contributed by atoms with van der Waals surface area (Å²) >= 11 is 1.78. The van der Waals surface area contributed by atoms with Gasteiger partial charge in [-0.25, -0.2) is 0 Å². The quantitative estimate of drug-likeness (QED) is 0.802. The molecule has 3 nitrogen and oxygen atoms in total. The van der Waals surface area contributed by atoms with Crippen molar-refractivity contribution in [3.8, 4) is 0 Å². The number of hydrogen-bond acceptors (Lipinski definition) is 3. The van der Waals surface area contributed by atoms with Gasteiger partial charge in [-0.05, 0) is 55.8 Å². The second-order valence-electron chi connectivity index (χ2n) is 7.10. The van der Waals surface area contributed by atoms with Crippen molar-refractivity contribution in [3.05, 3.63) is 35.4 Å². The van der Waals surface area contributed by atoms with Gasteiger partial charge in [-0.1, -0.05) is 38.8 Å². The molecule has 1 aromatic carbocycles. The second kappa shape index (κ2) is 10.1. The van der Waals surface area contributed by atoms with E-state index in [-0.39, 0.29) is 5.91 Å². The minimum absolute atomic E-state index is 0.0541. The van der Waals surface area contributed by atoms with Crippen LogP contribution in [-0.2, 0) is 5.75 Å².